The first-order valence-electron chi connectivity index (χ1n) is 5.42. The van der Waals surface area contributed by atoms with E-state index in [1.54, 1.807) is 18.7 Å². The van der Waals surface area contributed by atoms with Gasteiger partial charge in [0.15, 0.2) is 0 Å². The molecule has 1 atom stereocenters. The topological polar surface area (TPSA) is 46.2 Å². The Morgan fingerprint density at radius 2 is 2.17 bits per heavy atom. The van der Waals surface area contributed by atoms with E-state index in [1.807, 2.05) is 6.92 Å². The van der Waals surface area contributed by atoms with Gasteiger partial charge in [-0.2, -0.15) is 11.8 Å². The molecule has 1 rings (SSSR count). The summed E-state index contributed by atoms with van der Waals surface area (Å²) in [4.78, 5) is 0.0530. The molecule has 0 aliphatic rings. The molecule has 0 saturated heterocycles. The molecule has 1 unspecified atom stereocenters. The van der Waals surface area contributed by atoms with Crippen molar-refractivity contribution in [2.75, 3.05) is 11.5 Å². The lowest BCUT2D eigenvalue weighted by molar-refractivity contribution is 0.569. The molecule has 0 spiro atoms. The molecule has 0 amide bonds. The van der Waals surface area contributed by atoms with Crippen LogP contribution in [0.2, 0.25) is 0 Å². The number of rotatable bonds is 6. The van der Waals surface area contributed by atoms with E-state index >= 15 is 0 Å². The Kier molecular flexibility index (Phi) is 6.10. The van der Waals surface area contributed by atoms with Gasteiger partial charge in [-0.1, -0.05) is 6.92 Å². The second-order valence-electron chi connectivity index (χ2n) is 3.76. The fourth-order valence-electron chi connectivity index (χ4n) is 1.35. The van der Waals surface area contributed by atoms with E-state index in [0.717, 1.165) is 17.9 Å². The van der Waals surface area contributed by atoms with Crippen molar-refractivity contribution in [2.24, 2.45) is 0 Å². The van der Waals surface area contributed by atoms with Crippen molar-refractivity contribution in [3.8, 4) is 0 Å². The number of thioether (sulfide) groups is 1. The normalized spacial score (nSPS) is 13.6. The van der Waals surface area contributed by atoms with Crippen LogP contribution in [0.3, 0.4) is 0 Å². The van der Waals surface area contributed by atoms with E-state index < -0.39 is 15.8 Å². The number of benzene rings is 1. The van der Waals surface area contributed by atoms with Gasteiger partial charge in [0.1, 0.15) is 5.82 Å². The summed E-state index contributed by atoms with van der Waals surface area (Å²) in [5.74, 6) is 1.16. The quantitative estimate of drug-likeness (QED) is 0.852. The van der Waals surface area contributed by atoms with Crippen LogP contribution in [-0.4, -0.2) is 26.0 Å². The van der Waals surface area contributed by atoms with Crippen molar-refractivity contribution in [3.05, 3.63) is 28.5 Å². The fraction of sp³-hybridized carbons (Fsp3) is 0.455. The minimum Gasteiger partial charge on any atom is -0.207 e. The van der Waals surface area contributed by atoms with E-state index in [0.29, 0.717) is 5.75 Å². The van der Waals surface area contributed by atoms with Gasteiger partial charge in [0.2, 0.25) is 10.0 Å². The maximum atomic E-state index is 12.9. The summed E-state index contributed by atoms with van der Waals surface area (Å²) < 4.78 is 39.8. The van der Waals surface area contributed by atoms with Crippen molar-refractivity contribution in [1.29, 1.82) is 0 Å². The van der Waals surface area contributed by atoms with Gasteiger partial charge in [0.05, 0.1) is 4.90 Å². The Hall–Kier alpha value is -0.110. The predicted octanol–water partition coefficient (Wildman–Crippen LogP) is 3.01. The Labute approximate surface area is 120 Å². The third-order valence-electron chi connectivity index (χ3n) is 2.11. The van der Waals surface area contributed by atoms with Gasteiger partial charge in [-0.15, -0.1) is 0 Å². The van der Waals surface area contributed by atoms with Crippen molar-refractivity contribution in [2.45, 2.75) is 24.8 Å². The van der Waals surface area contributed by atoms with Crippen LogP contribution in [0, 0.1) is 5.82 Å². The standard InChI is InChI=1S/C11H15BrFNO2S2/c1-3-17-7-8(2)14-18(15,16)11-5-4-9(13)6-10(11)12/h4-6,8,14H,3,7H2,1-2H3. The SMILES string of the molecule is CCSCC(C)NS(=O)(=O)c1ccc(F)cc1Br. The zero-order valence-corrected chi connectivity index (χ0v) is 13.3. The zero-order chi connectivity index (χ0) is 13.8. The molecule has 0 saturated carbocycles. The van der Waals surface area contributed by atoms with Gasteiger partial charge in [-0.05, 0) is 46.8 Å². The maximum Gasteiger partial charge on any atom is 0.241 e. The molecule has 0 aromatic heterocycles. The zero-order valence-electron chi connectivity index (χ0n) is 10.1. The average molecular weight is 356 g/mol. The molecule has 102 valence electrons. The van der Waals surface area contributed by atoms with Crippen LogP contribution in [-0.2, 0) is 10.0 Å². The summed E-state index contributed by atoms with van der Waals surface area (Å²) in [6.07, 6.45) is 0. The van der Waals surface area contributed by atoms with Gasteiger partial charge in [-0.3, -0.25) is 0 Å². The number of hydrogen-bond acceptors (Lipinski definition) is 3. The molecule has 1 aromatic rings. The summed E-state index contributed by atoms with van der Waals surface area (Å²) in [6, 6.07) is 3.35. The van der Waals surface area contributed by atoms with Crippen molar-refractivity contribution in [3.63, 3.8) is 0 Å². The third kappa shape index (κ3) is 4.53. The van der Waals surface area contributed by atoms with Crippen molar-refractivity contribution in [1.82, 2.24) is 4.72 Å². The van der Waals surface area contributed by atoms with Crippen LogP contribution in [0.25, 0.3) is 0 Å². The highest BCUT2D eigenvalue weighted by atomic mass is 79.9. The smallest absolute Gasteiger partial charge is 0.207 e. The molecule has 0 bridgehead atoms. The van der Waals surface area contributed by atoms with Crippen LogP contribution in [0.4, 0.5) is 4.39 Å². The van der Waals surface area contributed by atoms with Gasteiger partial charge < -0.3 is 0 Å². The molecular weight excluding hydrogens is 341 g/mol. The fourth-order valence-corrected chi connectivity index (χ4v) is 4.42. The second-order valence-corrected chi connectivity index (χ2v) is 7.61. The first-order chi connectivity index (χ1) is 8.36. The lowest BCUT2D eigenvalue weighted by atomic mass is 10.3. The summed E-state index contributed by atoms with van der Waals surface area (Å²) >= 11 is 4.72. The molecular formula is C11H15BrFNO2S2. The number of hydrogen-bond donors (Lipinski definition) is 1. The number of sulfonamides is 1. The van der Waals surface area contributed by atoms with Crippen LogP contribution < -0.4 is 4.72 Å². The lowest BCUT2D eigenvalue weighted by Gasteiger charge is -2.14. The van der Waals surface area contributed by atoms with E-state index in [4.69, 9.17) is 0 Å². The summed E-state index contributed by atoms with van der Waals surface area (Å²) in [5.41, 5.74) is 0. The molecule has 7 heteroatoms. The first kappa shape index (κ1) is 15.9. The van der Waals surface area contributed by atoms with Crippen LogP contribution in [0.5, 0.6) is 0 Å². The summed E-state index contributed by atoms with van der Waals surface area (Å²) in [6.45, 7) is 3.82. The molecule has 0 aliphatic carbocycles. The van der Waals surface area contributed by atoms with E-state index in [9.17, 15) is 12.8 Å². The molecule has 1 N–H and O–H groups in total. The Morgan fingerprint density at radius 1 is 1.50 bits per heavy atom. The first-order valence-corrected chi connectivity index (χ1v) is 8.85. The minimum atomic E-state index is -3.61. The Balaban J connectivity index is 2.86. The molecule has 1 aromatic carbocycles. The van der Waals surface area contributed by atoms with Gasteiger partial charge >= 0.3 is 0 Å². The van der Waals surface area contributed by atoms with Crippen LogP contribution in [0.15, 0.2) is 27.6 Å². The Bertz CT molecular complexity index is 508. The highest BCUT2D eigenvalue weighted by Gasteiger charge is 2.20. The molecule has 3 nitrogen and oxygen atoms in total. The van der Waals surface area contributed by atoms with Crippen molar-refractivity contribution >= 4 is 37.7 Å². The summed E-state index contributed by atoms with van der Waals surface area (Å²) in [5, 5.41) is 0. The highest BCUT2D eigenvalue weighted by molar-refractivity contribution is 9.10. The largest absolute Gasteiger partial charge is 0.241 e. The van der Waals surface area contributed by atoms with Gasteiger partial charge in [0, 0.05) is 16.3 Å². The van der Waals surface area contributed by atoms with Gasteiger partial charge in [-0.25, -0.2) is 17.5 Å². The molecule has 18 heavy (non-hydrogen) atoms. The number of halogens is 2. The summed E-state index contributed by atoms with van der Waals surface area (Å²) in [7, 11) is -3.61. The molecule has 0 aliphatic heterocycles. The number of nitrogens with one attached hydrogen (secondary N) is 1. The predicted molar refractivity (Wildman–Crippen MR) is 76.9 cm³/mol. The average Bonchev–Trinajstić information content (AvgIpc) is 2.25. The second kappa shape index (κ2) is 6.88. The van der Waals surface area contributed by atoms with Gasteiger partial charge in [0.25, 0.3) is 0 Å². The molecule has 0 heterocycles. The van der Waals surface area contributed by atoms with Crippen LogP contribution >= 0.6 is 27.7 Å². The molecule has 0 fully saturated rings. The van der Waals surface area contributed by atoms with Crippen molar-refractivity contribution < 1.29 is 12.8 Å². The van der Waals surface area contributed by atoms with E-state index in [-0.39, 0.29) is 15.4 Å². The maximum absolute atomic E-state index is 12.9. The van der Waals surface area contributed by atoms with E-state index in [2.05, 4.69) is 20.7 Å². The highest BCUT2D eigenvalue weighted by Crippen LogP contribution is 2.23. The van der Waals surface area contributed by atoms with Crippen LogP contribution in [0.1, 0.15) is 13.8 Å². The molecule has 0 radical (unpaired) electrons. The minimum absolute atomic E-state index is 0.0530. The van der Waals surface area contributed by atoms with E-state index in [1.165, 1.54) is 6.07 Å². The monoisotopic (exact) mass is 355 g/mol. The third-order valence-corrected chi connectivity index (χ3v) is 5.82. The lowest BCUT2D eigenvalue weighted by Crippen LogP contribution is -2.34. The Morgan fingerprint density at radius 3 is 2.72 bits per heavy atom.